The van der Waals surface area contributed by atoms with Crippen molar-refractivity contribution in [3.63, 3.8) is 0 Å². The van der Waals surface area contributed by atoms with Crippen LogP contribution in [-0.2, 0) is 4.84 Å². The Bertz CT molecular complexity index is 129. The molecule has 3 heteroatoms. The van der Waals surface area contributed by atoms with Crippen LogP contribution in [0.15, 0.2) is 0 Å². The molecule has 0 aliphatic carbocycles. The van der Waals surface area contributed by atoms with Gasteiger partial charge < -0.3 is 0 Å². The highest BCUT2D eigenvalue weighted by atomic mass is 28.2. The molecule has 1 unspecified atom stereocenters. The number of hydrogen-bond acceptors (Lipinski definition) is 2. The van der Waals surface area contributed by atoms with Gasteiger partial charge in [0.15, 0.2) is 0 Å². The summed E-state index contributed by atoms with van der Waals surface area (Å²) in [5.41, 5.74) is 3.08. The molecule has 0 amide bonds. The summed E-state index contributed by atoms with van der Waals surface area (Å²) in [6.07, 6.45) is 6.66. The fourth-order valence-electron chi connectivity index (χ4n) is 2.28. The summed E-state index contributed by atoms with van der Waals surface area (Å²) in [5.74, 6) is 0. The minimum absolute atomic E-state index is 0.000401. The lowest BCUT2D eigenvalue weighted by molar-refractivity contribution is -0.0669. The van der Waals surface area contributed by atoms with Crippen LogP contribution < -0.4 is 5.48 Å². The number of rotatable bonds is 5. The Hall–Kier alpha value is 0.137. The van der Waals surface area contributed by atoms with Crippen LogP contribution >= 0.6 is 0 Å². The summed E-state index contributed by atoms with van der Waals surface area (Å²) in [4.78, 5) is 5.87. The van der Waals surface area contributed by atoms with Crippen molar-refractivity contribution < 1.29 is 4.84 Å². The first-order valence-electron chi connectivity index (χ1n) is 5.74. The Kier molecular flexibility index (Phi) is 4.99. The van der Waals surface area contributed by atoms with E-state index in [2.05, 4.69) is 19.3 Å². The summed E-state index contributed by atoms with van der Waals surface area (Å²) in [7, 11) is -0.000401. The third-order valence-corrected chi connectivity index (χ3v) is 5.52. The monoisotopic (exact) mass is 201 g/mol. The van der Waals surface area contributed by atoms with E-state index in [4.69, 9.17) is 4.84 Å². The van der Waals surface area contributed by atoms with Crippen LogP contribution in [0.2, 0.25) is 6.04 Å². The molecule has 1 rings (SSSR count). The maximum Gasteiger partial charge on any atom is 0.0729 e. The van der Waals surface area contributed by atoms with E-state index in [9.17, 15) is 0 Å². The lowest BCUT2D eigenvalue weighted by atomic mass is 10.1. The minimum Gasteiger partial charge on any atom is -0.300 e. The second kappa shape index (κ2) is 5.78. The first-order valence-corrected chi connectivity index (χ1v) is 7.44. The highest BCUT2D eigenvalue weighted by molar-refractivity contribution is 6.39. The molecule has 1 aliphatic rings. The lowest BCUT2D eigenvalue weighted by Gasteiger charge is -2.36. The molecule has 78 valence electrons. The Balaban J connectivity index is 2.40. The molecule has 2 nitrogen and oxygen atoms in total. The van der Waals surface area contributed by atoms with E-state index < -0.39 is 0 Å². The largest absolute Gasteiger partial charge is 0.300 e. The van der Waals surface area contributed by atoms with Crippen LogP contribution in [0.4, 0.5) is 0 Å². The van der Waals surface area contributed by atoms with Crippen molar-refractivity contribution in [2.45, 2.75) is 57.2 Å². The maximum absolute atomic E-state index is 5.87. The van der Waals surface area contributed by atoms with Gasteiger partial charge in [0.05, 0.1) is 14.7 Å². The van der Waals surface area contributed by atoms with Gasteiger partial charge in [-0.1, -0.05) is 39.2 Å². The van der Waals surface area contributed by atoms with Crippen LogP contribution in [0.1, 0.15) is 46.0 Å². The van der Waals surface area contributed by atoms with Gasteiger partial charge in [-0.15, -0.1) is 0 Å². The topological polar surface area (TPSA) is 21.3 Å². The van der Waals surface area contributed by atoms with Crippen molar-refractivity contribution in [2.24, 2.45) is 0 Å². The van der Waals surface area contributed by atoms with E-state index in [0.29, 0.717) is 5.22 Å². The molecular weight excluding hydrogens is 178 g/mol. The van der Waals surface area contributed by atoms with Crippen LogP contribution in [0.25, 0.3) is 0 Å². The predicted molar refractivity (Wildman–Crippen MR) is 59.6 cm³/mol. The molecule has 0 spiro atoms. The Morgan fingerprint density at radius 2 is 2.23 bits per heavy atom. The number of hydroxylamine groups is 1. The van der Waals surface area contributed by atoms with E-state index in [1.165, 1.54) is 38.1 Å². The smallest absolute Gasteiger partial charge is 0.0729 e. The molecule has 0 aromatic rings. The van der Waals surface area contributed by atoms with Gasteiger partial charge >= 0.3 is 0 Å². The molecule has 0 bridgehead atoms. The second-order valence-electron chi connectivity index (χ2n) is 4.09. The molecule has 1 heterocycles. The fraction of sp³-hybridized carbons (Fsp3) is 1.00. The average molecular weight is 201 g/mol. The zero-order valence-corrected chi connectivity index (χ0v) is 10.5. The third-order valence-electron chi connectivity index (χ3n) is 2.90. The third kappa shape index (κ3) is 3.41. The van der Waals surface area contributed by atoms with Gasteiger partial charge in [0.2, 0.25) is 0 Å². The van der Waals surface area contributed by atoms with Crippen molar-refractivity contribution in [3.8, 4) is 0 Å². The van der Waals surface area contributed by atoms with Crippen molar-refractivity contribution in [3.05, 3.63) is 0 Å². The molecule has 1 atom stereocenters. The van der Waals surface area contributed by atoms with E-state index in [-0.39, 0.29) is 9.52 Å². The highest BCUT2D eigenvalue weighted by Gasteiger charge is 2.32. The highest BCUT2D eigenvalue weighted by Crippen LogP contribution is 2.29. The normalized spacial score (nSPS) is 30.9. The Morgan fingerprint density at radius 1 is 1.38 bits per heavy atom. The molecule has 1 N–H and O–H groups in total. The van der Waals surface area contributed by atoms with Crippen molar-refractivity contribution >= 4 is 9.52 Å². The Morgan fingerprint density at radius 3 is 2.77 bits per heavy atom. The molecule has 13 heavy (non-hydrogen) atoms. The van der Waals surface area contributed by atoms with E-state index >= 15 is 0 Å². The maximum atomic E-state index is 5.87. The first kappa shape index (κ1) is 11.2. The fourth-order valence-corrected chi connectivity index (χ4v) is 4.84. The van der Waals surface area contributed by atoms with Gasteiger partial charge in [-0.05, 0) is 12.8 Å². The zero-order chi connectivity index (χ0) is 9.57. The molecule has 0 aromatic carbocycles. The van der Waals surface area contributed by atoms with Gasteiger partial charge in [0, 0.05) is 6.54 Å². The average Bonchev–Trinajstić information content (AvgIpc) is 2.17. The lowest BCUT2D eigenvalue weighted by Crippen LogP contribution is -2.45. The number of hydrogen-bond donors (Lipinski definition) is 1. The minimum atomic E-state index is -0.000401. The van der Waals surface area contributed by atoms with Crippen molar-refractivity contribution in [1.29, 1.82) is 0 Å². The van der Waals surface area contributed by atoms with Crippen LogP contribution in [0, 0.1) is 0 Å². The van der Waals surface area contributed by atoms with Gasteiger partial charge in [0.25, 0.3) is 0 Å². The molecule has 0 radical (unpaired) electrons. The quantitative estimate of drug-likeness (QED) is 0.541. The predicted octanol–water partition coefficient (Wildman–Crippen LogP) is 1.79. The summed E-state index contributed by atoms with van der Waals surface area (Å²) in [6, 6.07) is 1.48. The number of nitrogens with one attached hydrogen (secondary N) is 1. The van der Waals surface area contributed by atoms with Crippen molar-refractivity contribution in [1.82, 2.24) is 5.48 Å². The standard InChI is InChI=1S/C10H23NOSi/c1-3-7-10(12-11-4-2)8-5-6-9-13-10/h11H,3-9,13H2,1-2H3. The van der Waals surface area contributed by atoms with Crippen LogP contribution in [-0.4, -0.2) is 21.3 Å². The van der Waals surface area contributed by atoms with E-state index in [1.807, 2.05) is 0 Å². The first-order chi connectivity index (χ1) is 6.33. The van der Waals surface area contributed by atoms with Crippen molar-refractivity contribution in [2.75, 3.05) is 6.54 Å². The van der Waals surface area contributed by atoms with E-state index in [1.54, 1.807) is 0 Å². The Labute approximate surface area is 84.2 Å². The summed E-state index contributed by atoms with van der Waals surface area (Å²) < 4.78 is 0. The summed E-state index contributed by atoms with van der Waals surface area (Å²) in [6.45, 7) is 5.30. The summed E-state index contributed by atoms with van der Waals surface area (Å²) in [5, 5.41) is 0.309. The van der Waals surface area contributed by atoms with Gasteiger partial charge in [-0.3, -0.25) is 4.84 Å². The SMILES string of the molecule is CCCC1(ONCC)CCCC[SiH2]1. The van der Waals surface area contributed by atoms with Crippen LogP contribution in [0.3, 0.4) is 0 Å². The molecule has 0 aromatic heterocycles. The molecule has 1 aliphatic heterocycles. The van der Waals surface area contributed by atoms with Gasteiger partial charge in [-0.25, -0.2) is 5.48 Å². The second-order valence-corrected chi connectivity index (χ2v) is 6.59. The van der Waals surface area contributed by atoms with Crippen LogP contribution in [0.5, 0.6) is 0 Å². The molecule has 1 saturated heterocycles. The van der Waals surface area contributed by atoms with E-state index in [0.717, 1.165) is 6.54 Å². The molecular formula is C10H23NOSi. The summed E-state index contributed by atoms with van der Waals surface area (Å²) >= 11 is 0. The van der Waals surface area contributed by atoms with Gasteiger partial charge in [-0.2, -0.15) is 0 Å². The zero-order valence-electron chi connectivity index (χ0n) is 9.07. The van der Waals surface area contributed by atoms with Gasteiger partial charge in [0.1, 0.15) is 0 Å². The molecule has 0 saturated carbocycles. The molecule has 1 fully saturated rings.